The molecule has 1 aromatic heterocycles. The molecule has 1 aliphatic rings. The summed E-state index contributed by atoms with van der Waals surface area (Å²) in [7, 11) is 0. The molecule has 0 bridgehead atoms. The number of carbonyl (C=O) groups excluding carboxylic acids is 3. The molecule has 1 fully saturated rings. The van der Waals surface area contributed by atoms with Gasteiger partial charge in [-0.1, -0.05) is 42.5 Å². The summed E-state index contributed by atoms with van der Waals surface area (Å²) in [4.78, 5) is 44.5. The lowest BCUT2D eigenvalue weighted by Crippen LogP contribution is -2.51. The molecule has 3 amide bonds. The largest absolute Gasteiger partial charge is 0.488 e. The topological polar surface area (TPSA) is 109 Å². The second kappa shape index (κ2) is 10.6. The fraction of sp³-hybridized carbons (Fsp3) is 0.207. The van der Waals surface area contributed by atoms with Crippen LogP contribution in [0.1, 0.15) is 31.8 Å². The van der Waals surface area contributed by atoms with Gasteiger partial charge in [-0.15, -0.1) is 0 Å². The number of aromatic nitrogens is 1. The number of para-hydroxylation sites is 2. The van der Waals surface area contributed by atoms with E-state index in [4.69, 9.17) is 10.5 Å². The minimum absolute atomic E-state index is 0.0623. The average Bonchev–Trinajstić information content (AvgIpc) is 3.34. The molecule has 37 heavy (non-hydrogen) atoms. The van der Waals surface area contributed by atoms with Crippen LogP contribution in [0.15, 0.2) is 79.0 Å². The molecule has 0 unspecified atom stereocenters. The fourth-order valence-corrected chi connectivity index (χ4v) is 4.65. The second-order valence-corrected chi connectivity index (χ2v) is 9.06. The summed E-state index contributed by atoms with van der Waals surface area (Å²) in [5, 5.41) is 1.06. The number of nitrogens with zero attached hydrogens (tertiary/aromatic N) is 2. The van der Waals surface area contributed by atoms with Gasteiger partial charge in [-0.3, -0.25) is 14.4 Å². The van der Waals surface area contributed by atoms with E-state index in [1.807, 2.05) is 47.5 Å². The Morgan fingerprint density at radius 1 is 0.865 bits per heavy atom. The first kappa shape index (κ1) is 24.1. The number of piperazine rings is 1. The first-order chi connectivity index (χ1) is 18.0. The van der Waals surface area contributed by atoms with Gasteiger partial charge in [-0.2, -0.15) is 0 Å². The van der Waals surface area contributed by atoms with Crippen LogP contribution < -0.4 is 10.5 Å². The van der Waals surface area contributed by atoms with Crippen LogP contribution >= 0.6 is 0 Å². The molecule has 8 nitrogen and oxygen atoms in total. The number of rotatable bonds is 7. The predicted octanol–water partition coefficient (Wildman–Crippen LogP) is 3.37. The lowest BCUT2D eigenvalue weighted by atomic mass is 10.1. The number of fused-ring (bicyclic) bond motifs is 1. The maximum Gasteiger partial charge on any atom is 0.253 e. The second-order valence-electron chi connectivity index (χ2n) is 9.06. The van der Waals surface area contributed by atoms with Crippen molar-refractivity contribution >= 4 is 28.6 Å². The van der Waals surface area contributed by atoms with Crippen LogP contribution in [0.4, 0.5) is 0 Å². The van der Waals surface area contributed by atoms with Crippen LogP contribution in [0.5, 0.6) is 5.75 Å². The summed E-state index contributed by atoms with van der Waals surface area (Å²) in [5.74, 6) is -0.172. The van der Waals surface area contributed by atoms with E-state index in [2.05, 4.69) is 4.98 Å². The number of hydrogen-bond acceptors (Lipinski definition) is 4. The molecule has 0 spiro atoms. The smallest absolute Gasteiger partial charge is 0.253 e. The summed E-state index contributed by atoms with van der Waals surface area (Å²) in [6.07, 6.45) is 2.23. The third-order valence-electron chi connectivity index (χ3n) is 6.66. The first-order valence-electron chi connectivity index (χ1n) is 12.2. The minimum atomic E-state index is -0.557. The summed E-state index contributed by atoms with van der Waals surface area (Å²) < 4.78 is 5.80. The lowest BCUT2D eigenvalue weighted by molar-refractivity contribution is -0.131. The van der Waals surface area contributed by atoms with Crippen LogP contribution in [-0.2, 0) is 17.8 Å². The van der Waals surface area contributed by atoms with Gasteiger partial charge in [0.05, 0.1) is 12.0 Å². The summed E-state index contributed by atoms with van der Waals surface area (Å²) in [6.45, 7) is 2.15. The number of H-pyrrole nitrogens is 1. The maximum atomic E-state index is 13.2. The first-order valence-corrected chi connectivity index (χ1v) is 12.2. The van der Waals surface area contributed by atoms with Crippen LogP contribution in [0.2, 0.25) is 0 Å². The molecular formula is C29H28N4O4. The zero-order chi connectivity index (χ0) is 25.8. The van der Waals surface area contributed by atoms with Crippen molar-refractivity contribution in [3.05, 3.63) is 101 Å². The normalized spacial score (nSPS) is 13.5. The number of benzene rings is 3. The highest BCUT2D eigenvalue weighted by Gasteiger charge is 2.25. The van der Waals surface area contributed by atoms with E-state index < -0.39 is 5.91 Å². The van der Waals surface area contributed by atoms with Gasteiger partial charge in [0.2, 0.25) is 5.91 Å². The molecule has 8 heteroatoms. The Hall–Kier alpha value is -4.59. The SMILES string of the molecule is NC(=O)c1ccccc1OCc1cccc(C(=O)N2CCN(C(=O)Cc3c[nH]c4ccccc34)CC2)c1. The number of nitrogens with two attached hydrogens (primary N) is 1. The number of ether oxygens (including phenoxy) is 1. The highest BCUT2D eigenvalue weighted by Crippen LogP contribution is 2.21. The van der Waals surface area contributed by atoms with Crippen molar-refractivity contribution in [2.75, 3.05) is 26.2 Å². The molecule has 0 radical (unpaired) electrons. The zero-order valence-corrected chi connectivity index (χ0v) is 20.4. The van der Waals surface area contributed by atoms with Crippen LogP contribution in [0.3, 0.4) is 0 Å². The third kappa shape index (κ3) is 5.33. The van der Waals surface area contributed by atoms with E-state index in [0.717, 1.165) is 22.0 Å². The maximum absolute atomic E-state index is 13.2. The van der Waals surface area contributed by atoms with E-state index in [1.165, 1.54) is 0 Å². The van der Waals surface area contributed by atoms with Crippen LogP contribution in [-0.4, -0.2) is 58.7 Å². The van der Waals surface area contributed by atoms with E-state index in [1.54, 1.807) is 41.3 Å². The van der Waals surface area contributed by atoms with Crippen molar-refractivity contribution in [3.8, 4) is 5.75 Å². The average molecular weight is 497 g/mol. The zero-order valence-electron chi connectivity index (χ0n) is 20.4. The van der Waals surface area contributed by atoms with Gasteiger partial charge >= 0.3 is 0 Å². The van der Waals surface area contributed by atoms with Crippen molar-refractivity contribution in [2.24, 2.45) is 5.73 Å². The lowest BCUT2D eigenvalue weighted by Gasteiger charge is -2.35. The molecule has 4 aromatic rings. The Morgan fingerprint density at radius 2 is 1.59 bits per heavy atom. The standard InChI is InChI=1S/C29H28N4O4/c30-28(35)24-9-2-4-11-26(24)37-19-20-6-5-7-21(16-20)29(36)33-14-12-32(13-15-33)27(34)17-22-18-31-25-10-3-1-8-23(22)25/h1-11,16,18,31H,12-15,17,19H2,(H2,30,35). The van der Waals surface area contributed by atoms with Crippen molar-refractivity contribution < 1.29 is 19.1 Å². The van der Waals surface area contributed by atoms with Gasteiger partial charge in [-0.05, 0) is 41.5 Å². The van der Waals surface area contributed by atoms with Crippen LogP contribution in [0, 0.1) is 0 Å². The molecule has 0 saturated carbocycles. The summed E-state index contributed by atoms with van der Waals surface area (Å²) in [6, 6.07) is 22.0. The van der Waals surface area contributed by atoms with Gasteiger partial charge in [0.25, 0.3) is 11.8 Å². The number of hydrogen-bond donors (Lipinski definition) is 2. The van der Waals surface area contributed by atoms with E-state index >= 15 is 0 Å². The van der Waals surface area contributed by atoms with Gasteiger partial charge in [0.1, 0.15) is 12.4 Å². The highest BCUT2D eigenvalue weighted by atomic mass is 16.5. The third-order valence-corrected chi connectivity index (χ3v) is 6.66. The fourth-order valence-electron chi connectivity index (χ4n) is 4.65. The quantitative estimate of drug-likeness (QED) is 0.409. The molecule has 2 heterocycles. The number of nitrogens with one attached hydrogen (secondary N) is 1. The molecule has 188 valence electrons. The highest BCUT2D eigenvalue weighted by molar-refractivity contribution is 5.96. The van der Waals surface area contributed by atoms with E-state index in [9.17, 15) is 14.4 Å². The van der Waals surface area contributed by atoms with Crippen molar-refractivity contribution in [1.82, 2.24) is 14.8 Å². The van der Waals surface area contributed by atoms with Gasteiger partial charge < -0.3 is 25.3 Å². The van der Waals surface area contributed by atoms with Gasteiger partial charge in [0.15, 0.2) is 0 Å². The molecule has 1 aliphatic heterocycles. The molecule has 5 rings (SSSR count). The van der Waals surface area contributed by atoms with E-state index in [-0.39, 0.29) is 18.4 Å². The monoisotopic (exact) mass is 496 g/mol. The number of primary amides is 1. The summed E-state index contributed by atoms with van der Waals surface area (Å²) in [5.41, 5.74) is 9.09. The van der Waals surface area contributed by atoms with Crippen molar-refractivity contribution in [2.45, 2.75) is 13.0 Å². The Morgan fingerprint density at radius 3 is 2.41 bits per heavy atom. The molecule has 1 saturated heterocycles. The number of carbonyl (C=O) groups is 3. The Labute approximate surface area is 214 Å². The Balaban J connectivity index is 1.17. The van der Waals surface area contributed by atoms with Crippen molar-refractivity contribution in [3.63, 3.8) is 0 Å². The molecular weight excluding hydrogens is 468 g/mol. The number of amides is 3. The van der Waals surface area contributed by atoms with Gasteiger partial charge in [0, 0.05) is 48.8 Å². The minimum Gasteiger partial charge on any atom is -0.488 e. The van der Waals surface area contributed by atoms with Crippen LogP contribution in [0.25, 0.3) is 10.9 Å². The molecule has 0 atom stereocenters. The Kier molecular flexibility index (Phi) is 6.89. The van der Waals surface area contributed by atoms with Gasteiger partial charge in [-0.25, -0.2) is 0 Å². The Bertz CT molecular complexity index is 1450. The molecule has 3 aromatic carbocycles. The van der Waals surface area contributed by atoms with Crippen molar-refractivity contribution in [1.29, 1.82) is 0 Å². The molecule has 0 aliphatic carbocycles. The predicted molar refractivity (Wildman–Crippen MR) is 140 cm³/mol. The van der Waals surface area contributed by atoms with E-state index in [0.29, 0.717) is 49.5 Å². The molecule has 3 N–H and O–H groups in total. The summed E-state index contributed by atoms with van der Waals surface area (Å²) >= 11 is 0. The number of aromatic amines is 1.